The second-order valence-electron chi connectivity index (χ2n) is 6.45. The first-order chi connectivity index (χ1) is 12.4. The molecular weight excluding hydrogens is 366 g/mol. The summed E-state index contributed by atoms with van der Waals surface area (Å²) in [5.74, 6) is 0. The molecule has 1 N–H and O–H groups in total. The molecule has 0 heterocycles. The zero-order valence-corrected chi connectivity index (χ0v) is 16.5. The number of sulfonamides is 1. The van der Waals surface area contributed by atoms with Crippen LogP contribution in [-0.4, -0.2) is 8.42 Å². The summed E-state index contributed by atoms with van der Waals surface area (Å²) >= 11 is 6.28. The van der Waals surface area contributed by atoms with Gasteiger partial charge >= 0.3 is 0 Å². The molecule has 0 saturated heterocycles. The minimum atomic E-state index is -3.75. The highest BCUT2D eigenvalue weighted by Gasteiger charge is 2.19. The first kappa shape index (κ1) is 18.7. The van der Waals surface area contributed by atoms with Crippen LogP contribution in [0.15, 0.2) is 59.5 Å². The number of fused-ring (bicyclic) bond motifs is 1. The Morgan fingerprint density at radius 3 is 2.46 bits per heavy atom. The maximum absolute atomic E-state index is 13.0. The van der Waals surface area contributed by atoms with Gasteiger partial charge in [-0.3, -0.25) is 4.72 Å². The van der Waals surface area contributed by atoms with E-state index in [2.05, 4.69) is 11.6 Å². The average molecular weight is 388 g/mol. The molecule has 0 bridgehead atoms. The molecule has 3 rings (SSSR count). The van der Waals surface area contributed by atoms with Crippen molar-refractivity contribution < 1.29 is 8.42 Å². The Kier molecular flexibility index (Phi) is 5.54. The lowest BCUT2D eigenvalue weighted by Crippen LogP contribution is -2.14. The summed E-state index contributed by atoms with van der Waals surface area (Å²) in [6.45, 7) is 4.08. The van der Waals surface area contributed by atoms with Crippen LogP contribution < -0.4 is 4.72 Å². The predicted octanol–water partition coefficient (Wildman–Crippen LogP) is 5.95. The van der Waals surface area contributed by atoms with Crippen LogP contribution in [-0.2, 0) is 16.4 Å². The van der Waals surface area contributed by atoms with Crippen molar-refractivity contribution in [2.75, 3.05) is 4.72 Å². The molecule has 3 nitrogen and oxygen atoms in total. The minimum absolute atomic E-state index is 0.190. The van der Waals surface area contributed by atoms with Crippen LogP contribution in [0, 0.1) is 6.92 Å². The maximum atomic E-state index is 13.0. The van der Waals surface area contributed by atoms with Crippen LogP contribution in [0.5, 0.6) is 0 Å². The Bertz CT molecular complexity index is 1040. The van der Waals surface area contributed by atoms with E-state index in [1.807, 2.05) is 43.3 Å². The van der Waals surface area contributed by atoms with E-state index in [0.717, 1.165) is 30.2 Å². The Morgan fingerprint density at radius 1 is 1.04 bits per heavy atom. The highest BCUT2D eigenvalue weighted by molar-refractivity contribution is 7.93. The quantitative estimate of drug-likeness (QED) is 0.568. The zero-order chi connectivity index (χ0) is 18.7. The Morgan fingerprint density at radius 2 is 1.77 bits per heavy atom. The normalized spacial score (nSPS) is 11.7. The fraction of sp³-hybridized carbons (Fsp3) is 0.238. The van der Waals surface area contributed by atoms with Gasteiger partial charge in [-0.05, 0) is 54.5 Å². The molecule has 3 aromatic rings. The first-order valence-electron chi connectivity index (χ1n) is 8.72. The number of anilines is 1. The highest BCUT2D eigenvalue weighted by Crippen LogP contribution is 2.31. The Balaban J connectivity index is 1.98. The third-order valence-corrected chi connectivity index (χ3v) is 6.18. The molecule has 26 heavy (non-hydrogen) atoms. The first-order valence-corrected chi connectivity index (χ1v) is 10.6. The van der Waals surface area contributed by atoms with Crippen molar-refractivity contribution in [2.45, 2.75) is 38.0 Å². The molecule has 0 radical (unpaired) electrons. The van der Waals surface area contributed by atoms with Crippen LogP contribution in [0.2, 0.25) is 5.02 Å². The molecule has 0 aliphatic rings. The maximum Gasteiger partial charge on any atom is 0.262 e. The van der Waals surface area contributed by atoms with Gasteiger partial charge < -0.3 is 0 Å². The van der Waals surface area contributed by atoms with E-state index >= 15 is 0 Å². The van der Waals surface area contributed by atoms with E-state index in [-0.39, 0.29) is 4.90 Å². The second-order valence-corrected chi connectivity index (χ2v) is 8.51. The summed E-state index contributed by atoms with van der Waals surface area (Å²) < 4.78 is 28.7. The number of hydrogen-bond acceptors (Lipinski definition) is 2. The molecule has 0 fully saturated rings. The second kappa shape index (κ2) is 7.68. The molecule has 0 aliphatic heterocycles. The zero-order valence-electron chi connectivity index (χ0n) is 14.9. The monoisotopic (exact) mass is 387 g/mol. The molecule has 0 atom stereocenters. The van der Waals surface area contributed by atoms with Crippen molar-refractivity contribution in [1.29, 1.82) is 0 Å². The van der Waals surface area contributed by atoms with Crippen LogP contribution >= 0.6 is 11.6 Å². The molecular formula is C21H22ClNO2S. The van der Waals surface area contributed by atoms with E-state index in [9.17, 15) is 8.42 Å². The molecule has 136 valence electrons. The van der Waals surface area contributed by atoms with Gasteiger partial charge in [-0.25, -0.2) is 8.42 Å². The van der Waals surface area contributed by atoms with E-state index in [0.29, 0.717) is 16.1 Å². The van der Waals surface area contributed by atoms with E-state index in [4.69, 9.17) is 11.6 Å². The molecule has 0 aliphatic carbocycles. The lowest BCUT2D eigenvalue weighted by molar-refractivity contribution is 0.602. The molecule has 0 amide bonds. The molecule has 3 aromatic carbocycles. The van der Waals surface area contributed by atoms with Gasteiger partial charge in [0.2, 0.25) is 0 Å². The molecule has 0 spiro atoms. The number of hydrogen-bond donors (Lipinski definition) is 1. The summed E-state index contributed by atoms with van der Waals surface area (Å²) in [4.78, 5) is 0.190. The average Bonchev–Trinajstić information content (AvgIpc) is 2.62. The van der Waals surface area contributed by atoms with Crippen molar-refractivity contribution in [3.05, 3.63) is 70.7 Å². The van der Waals surface area contributed by atoms with Gasteiger partial charge in [0.15, 0.2) is 0 Å². The number of nitrogens with one attached hydrogen (secondary N) is 1. The van der Waals surface area contributed by atoms with Crippen LogP contribution in [0.25, 0.3) is 10.8 Å². The minimum Gasteiger partial charge on any atom is -0.279 e. The summed E-state index contributed by atoms with van der Waals surface area (Å²) in [5.41, 5.74) is 2.73. The lowest BCUT2D eigenvalue weighted by atomic mass is 10.1. The number of rotatable bonds is 6. The number of benzene rings is 3. The van der Waals surface area contributed by atoms with Gasteiger partial charge in [0, 0.05) is 10.4 Å². The topological polar surface area (TPSA) is 46.2 Å². The number of unbranched alkanes of at least 4 members (excludes halogenated alkanes) is 1. The van der Waals surface area contributed by atoms with Gasteiger partial charge in [0.1, 0.15) is 0 Å². The Labute approximate surface area is 160 Å². The molecule has 0 aromatic heterocycles. The summed E-state index contributed by atoms with van der Waals surface area (Å²) in [5, 5.41) is 1.77. The fourth-order valence-electron chi connectivity index (χ4n) is 3.06. The SMILES string of the molecule is CCCCc1ccc(NS(=O)(=O)c2cccc3cccc(Cl)c23)c(C)c1. The number of halogens is 1. The third kappa shape index (κ3) is 3.87. The van der Waals surface area contributed by atoms with Gasteiger partial charge in [-0.2, -0.15) is 0 Å². The van der Waals surface area contributed by atoms with Crippen LogP contribution in [0.1, 0.15) is 30.9 Å². The van der Waals surface area contributed by atoms with Crippen molar-refractivity contribution in [1.82, 2.24) is 0 Å². The van der Waals surface area contributed by atoms with Crippen molar-refractivity contribution in [3.8, 4) is 0 Å². The predicted molar refractivity (Wildman–Crippen MR) is 110 cm³/mol. The summed E-state index contributed by atoms with van der Waals surface area (Å²) in [6.07, 6.45) is 3.26. The lowest BCUT2D eigenvalue weighted by Gasteiger charge is -2.14. The van der Waals surface area contributed by atoms with Crippen LogP contribution in [0.4, 0.5) is 5.69 Å². The van der Waals surface area contributed by atoms with Gasteiger partial charge in [0.05, 0.1) is 10.6 Å². The van der Waals surface area contributed by atoms with E-state index in [1.165, 1.54) is 5.56 Å². The summed E-state index contributed by atoms with van der Waals surface area (Å²) in [6, 6.07) is 16.4. The smallest absolute Gasteiger partial charge is 0.262 e. The largest absolute Gasteiger partial charge is 0.279 e. The molecule has 0 unspecified atom stereocenters. The van der Waals surface area contributed by atoms with Crippen molar-refractivity contribution in [3.63, 3.8) is 0 Å². The van der Waals surface area contributed by atoms with Crippen molar-refractivity contribution >= 4 is 38.1 Å². The third-order valence-electron chi connectivity index (χ3n) is 4.46. The van der Waals surface area contributed by atoms with E-state index in [1.54, 1.807) is 18.2 Å². The summed E-state index contributed by atoms with van der Waals surface area (Å²) in [7, 11) is -3.75. The molecule has 0 saturated carbocycles. The fourth-order valence-corrected chi connectivity index (χ4v) is 4.78. The van der Waals surface area contributed by atoms with Gasteiger partial charge in [-0.1, -0.05) is 61.3 Å². The van der Waals surface area contributed by atoms with Crippen molar-refractivity contribution in [2.24, 2.45) is 0 Å². The number of aryl methyl sites for hydroxylation is 2. The van der Waals surface area contributed by atoms with Gasteiger partial charge in [-0.15, -0.1) is 0 Å². The van der Waals surface area contributed by atoms with E-state index < -0.39 is 10.0 Å². The Hall–Kier alpha value is -2.04. The standard InChI is InChI=1S/C21H22ClNO2S/c1-3-4-7-16-12-13-19(15(2)14-16)23-26(24,25)20-11-6-9-17-8-5-10-18(22)21(17)20/h5-6,8-14,23H,3-4,7H2,1-2H3. The molecule has 5 heteroatoms. The highest BCUT2D eigenvalue weighted by atomic mass is 35.5. The van der Waals surface area contributed by atoms with Gasteiger partial charge in [0.25, 0.3) is 10.0 Å². The van der Waals surface area contributed by atoms with Crippen LogP contribution in [0.3, 0.4) is 0 Å².